The molecule has 0 amide bonds. The molecule has 1 N–H and O–H groups in total. The number of hydrogen-bond donors (Lipinski definition) is 1. The molecule has 1 saturated heterocycles. The first-order valence-electron chi connectivity index (χ1n) is 7.09. The molecule has 1 aliphatic rings. The number of aliphatic hydroxyl groups excluding tert-OH is 1. The fourth-order valence-electron chi connectivity index (χ4n) is 2.63. The van der Waals surface area contributed by atoms with Crippen LogP contribution >= 0.6 is 11.8 Å². The van der Waals surface area contributed by atoms with Gasteiger partial charge in [-0.05, 0) is 19.2 Å². The van der Waals surface area contributed by atoms with Crippen molar-refractivity contribution in [3.05, 3.63) is 28.1 Å². The number of benzene rings is 1. The Morgan fingerprint density at radius 1 is 1.41 bits per heavy atom. The van der Waals surface area contributed by atoms with Crippen molar-refractivity contribution >= 4 is 23.1 Å². The number of halogens is 1. The van der Waals surface area contributed by atoms with Gasteiger partial charge in [0.2, 0.25) is 0 Å². The van der Waals surface area contributed by atoms with Gasteiger partial charge in [-0.3, -0.25) is 15.0 Å². The minimum atomic E-state index is -0.562. The fourth-order valence-corrected chi connectivity index (χ4v) is 3.20. The minimum Gasteiger partial charge on any atom is -0.392 e. The van der Waals surface area contributed by atoms with Crippen LogP contribution < -0.4 is 4.90 Å². The van der Waals surface area contributed by atoms with Gasteiger partial charge < -0.3 is 10.0 Å². The van der Waals surface area contributed by atoms with Crippen LogP contribution in [0.5, 0.6) is 0 Å². The minimum absolute atomic E-state index is 0.193. The van der Waals surface area contributed by atoms with Crippen LogP contribution in [0.4, 0.5) is 15.8 Å². The molecule has 6 nitrogen and oxygen atoms in total. The number of anilines is 1. The lowest BCUT2D eigenvalue weighted by Gasteiger charge is -2.36. The van der Waals surface area contributed by atoms with Gasteiger partial charge in [0, 0.05) is 32.7 Å². The fraction of sp³-hybridized carbons (Fsp3) is 0.571. The predicted molar refractivity (Wildman–Crippen MR) is 85.2 cm³/mol. The summed E-state index contributed by atoms with van der Waals surface area (Å²) in [6.07, 6.45) is 1.36. The lowest BCUT2D eigenvalue weighted by Crippen LogP contribution is -2.48. The highest BCUT2D eigenvalue weighted by Crippen LogP contribution is 2.34. The van der Waals surface area contributed by atoms with Crippen molar-refractivity contribution in [2.45, 2.75) is 17.9 Å². The molecule has 0 aliphatic carbocycles. The smallest absolute Gasteiger partial charge is 0.285 e. The maximum atomic E-state index is 14.2. The largest absolute Gasteiger partial charge is 0.392 e. The standard InChI is InChI=1S/C14H20FN3O3S/c1-10(19)9-16-3-5-17(6-4-16)12-8-14(22-2)13(18(20)21)7-11(12)15/h7-8,10,19H,3-6,9H2,1-2H3/t10-/m0/s1. The zero-order valence-corrected chi connectivity index (χ0v) is 13.5. The highest BCUT2D eigenvalue weighted by molar-refractivity contribution is 7.98. The Morgan fingerprint density at radius 2 is 2.05 bits per heavy atom. The lowest BCUT2D eigenvalue weighted by molar-refractivity contribution is -0.387. The third kappa shape index (κ3) is 3.88. The zero-order valence-electron chi connectivity index (χ0n) is 12.7. The summed E-state index contributed by atoms with van der Waals surface area (Å²) in [4.78, 5) is 14.9. The van der Waals surface area contributed by atoms with Gasteiger partial charge in [0.15, 0.2) is 5.82 Å². The summed E-state index contributed by atoms with van der Waals surface area (Å²) in [5.74, 6) is -0.562. The predicted octanol–water partition coefficient (Wildman–Crippen LogP) is 1.96. The van der Waals surface area contributed by atoms with Crippen molar-refractivity contribution in [3.8, 4) is 0 Å². The van der Waals surface area contributed by atoms with E-state index >= 15 is 0 Å². The summed E-state index contributed by atoms with van der Waals surface area (Å²) >= 11 is 1.24. The summed E-state index contributed by atoms with van der Waals surface area (Å²) in [7, 11) is 0. The highest BCUT2D eigenvalue weighted by atomic mass is 32.2. The third-order valence-corrected chi connectivity index (χ3v) is 4.45. The van der Waals surface area contributed by atoms with Crippen LogP contribution in [0.25, 0.3) is 0 Å². The lowest BCUT2D eigenvalue weighted by atomic mass is 10.2. The molecule has 1 aromatic carbocycles. The van der Waals surface area contributed by atoms with Crippen LogP contribution in [0.2, 0.25) is 0 Å². The number of nitrogens with zero attached hydrogens (tertiary/aromatic N) is 3. The summed E-state index contributed by atoms with van der Waals surface area (Å²) < 4.78 is 14.2. The Morgan fingerprint density at radius 3 is 2.55 bits per heavy atom. The van der Waals surface area contributed by atoms with Crippen molar-refractivity contribution < 1.29 is 14.4 Å². The number of β-amino-alcohol motifs (C(OH)–C–C–N with tert-alkyl or cyclic N) is 1. The van der Waals surface area contributed by atoms with Crippen molar-refractivity contribution in [1.29, 1.82) is 0 Å². The first kappa shape index (κ1) is 17.0. The van der Waals surface area contributed by atoms with Crippen LogP contribution in [-0.4, -0.2) is 60.0 Å². The molecule has 1 atom stereocenters. The summed E-state index contributed by atoms with van der Waals surface area (Å²) in [5, 5.41) is 20.3. The average Bonchev–Trinajstić information content (AvgIpc) is 2.47. The van der Waals surface area contributed by atoms with E-state index in [2.05, 4.69) is 4.90 Å². The van der Waals surface area contributed by atoms with E-state index in [1.807, 2.05) is 4.90 Å². The van der Waals surface area contributed by atoms with E-state index in [1.54, 1.807) is 19.2 Å². The molecule has 1 aromatic rings. The molecule has 1 fully saturated rings. The number of rotatable bonds is 5. The molecule has 8 heteroatoms. The molecule has 1 aliphatic heterocycles. The van der Waals surface area contributed by atoms with E-state index in [0.29, 0.717) is 30.2 Å². The normalized spacial score (nSPS) is 17.5. The molecule has 0 radical (unpaired) electrons. The SMILES string of the molecule is CSc1cc(N2CCN(C[C@H](C)O)CC2)c(F)cc1[N+](=O)[O-]. The molecule has 22 heavy (non-hydrogen) atoms. The van der Waals surface area contributed by atoms with Gasteiger partial charge in [-0.1, -0.05) is 0 Å². The Kier molecular flexibility index (Phi) is 5.60. The molecular weight excluding hydrogens is 309 g/mol. The zero-order chi connectivity index (χ0) is 16.3. The van der Waals surface area contributed by atoms with E-state index in [-0.39, 0.29) is 11.8 Å². The van der Waals surface area contributed by atoms with Gasteiger partial charge in [0.05, 0.1) is 27.7 Å². The molecule has 1 heterocycles. The molecule has 2 rings (SSSR count). The second-order valence-electron chi connectivity index (χ2n) is 5.37. The number of piperazine rings is 1. The van der Waals surface area contributed by atoms with Crippen LogP contribution in [0.1, 0.15) is 6.92 Å². The third-order valence-electron chi connectivity index (χ3n) is 3.68. The van der Waals surface area contributed by atoms with Crippen LogP contribution in [0.3, 0.4) is 0 Å². The summed E-state index contributed by atoms with van der Waals surface area (Å²) in [6, 6.07) is 2.56. The highest BCUT2D eigenvalue weighted by Gasteiger charge is 2.24. The number of thioether (sulfide) groups is 1. The number of aliphatic hydroxyl groups is 1. The molecule has 122 valence electrons. The van der Waals surface area contributed by atoms with Gasteiger partial charge in [-0.25, -0.2) is 4.39 Å². The van der Waals surface area contributed by atoms with Gasteiger partial charge in [-0.2, -0.15) is 0 Å². The van der Waals surface area contributed by atoms with Crippen LogP contribution in [-0.2, 0) is 0 Å². The van der Waals surface area contributed by atoms with E-state index in [9.17, 15) is 19.6 Å². The Bertz CT molecular complexity index is 548. The Hall–Kier alpha value is -1.38. The topological polar surface area (TPSA) is 69.8 Å². The van der Waals surface area contributed by atoms with Gasteiger partial charge in [0.1, 0.15) is 0 Å². The first-order chi connectivity index (χ1) is 10.4. The number of nitro groups is 1. The van der Waals surface area contributed by atoms with Crippen LogP contribution in [0.15, 0.2) is 17.0 Å². The van der Waals surface area contributed by atoms with Crippen molar-refractivity contribution in [2.24, 2.45) is 0 Å². The summed E-state index contributed by atoms with van der Waals surface area (Å²) in [5.41, 5.74) is 0.216. The molecular formula is C14H20FN3O3S. The van der Waals surface area contributed by atoms with Crippen LogP contribution in [0, 0.1) is 15.9 Å². The van der Waals surface area contributed by atoms with Crippen molar-refractivity contribution in [2.75, 3.05) is 43.9 Å². The number of hydrogen-bond acceptors (Lipinski definition) is 6. The maximum absolute atomic E-state index is 14.2. The quantitative estimate of drug-likeness (QED) is 0.506. The summed E-state index contributed by atoms with van der Waals surface area (Å²) in [6.45, 7) is 5.08. The maximum Gasteiger partial charge on any atom is 0.285 e. The Balaban J connectivity index is 2.15. The van der Waals surface area contributed by atoms with Crippen molar-refractivity contribution in [1.82, 2.24) is 4.90 Å². The number of nitro benzene ring substituents is 1. The average molecular weight is 329 g/mol. The Labute approximate surface area is 133 Å². The molecule has 0 unspecified atom stereocenters. The van der Waals surface area contributed by atoms with Crippen molar-refractivity contribution in [3.63, 3.8) is 0 Å². The monoisotopic (exact) mass is 329 g/mol. The van der Waals surface area contributed by atoms with E-state index in [4.69, 9.17) is 0 Å². The van der Waals surface area contributed by atoms with Gasteiger partial charge in [0.25, 0.3) is 5.69 Å². The van der Waals surface area contributed by atoms with E-state index in [0.717, 1.165) is 19.2 Å². The first-order valence-corrected chi connectivity index (χ1v) is 8.32. The van der Waals surface area contributed by atoms with E-state index < -0.39 is 10.7 Å². The molecule has 0 aromatic heterocycles. The molecule has 0 spiro atoms. The van der Waals surface area contributed by atoms with E-state index in [1.165, 1.54) is 11.8 Å². The molecule has 0 bridgehead atoms. The van der Waals surface area contributed by atoms with Gasteiger partial charge >= 0.3 is 0 Å². The molecule has 0 saturated carbocycles. The second-order valence-corrected chi connectivity index (χ2v) is 6.22. The van der Waals surface area contributed by atoms with Gasteiger partial charge in [-0.15, -0.1) is 11.8 Å². The second kappa shape index (κ2) is 7.26.